The monoisotopic (exact) mass is 583 g/mol. The van der Waals surface area contributed by atoms with Gasteiger partial charge in [-0.2, -0.15) is 13.2 Å². The van der Waals surface area contributed by atoms with E-state index in [0.717, 1.165) is 50.2 Å². The molecule has 0 unspecified atom stereocenters. The Kier molecular flexibility index (Phi) is 8.17. The highest BCUT2D eigenvalue weighted by atomic mass is 19.4. The molecule has 0 spiro atoms. The second-order valence-corrected chi connectivity index (χ2v) is 10.2. The number of hydrogen-bond acceptors (Lipinski definition) is 7. The number of hydrogen-bond donors (Lipinski definition) is 2. The first kappa shape index (κ1) is 29.1. The Morgan fingerprint density at radius 3 is 2.50 bits per heavy atom. The molecule has 220 valence electrons. The maximum absolute atomic E-state index is 15.3. The number of nitrogens with zero attached hydrogens (tertiary/aromatic N) is 3. The van der Waals surface area contributed by atoms with E-state index in [-0.39, 0.29) is 28.2 Å². The molecule has 3 aromatic carbocycles. The number of nitrogens with two attached hydrogens (primary N) is 1. The zero-order chi connectivity index (χ0) is 30.0. The van der Waals surface area contributed by atoms with E-state index in [1.54, 1.807) is 12.1 Å². The van der Waals surface area contributed by atoms with Gasteiger partial charge in [0.1, 0.15) is 18.0 Å². The quantitative estimate of drug-likeness (QED) is 0.244. The molecule has 5 rings (SSSR count). The summed E-state index contributed by atoms with van der Waals surface area (Å²) >= 11 is 0. The number of carbonyl (C=O) groups excluding carboxylic acids is 1. The molecule has 0 radical (unpaired) electrons. The SMILES string of the molecule is COc1cc2c(Nc3ccc(-c4cc(C(F)(F)F)ccc4C(N)=O)cc3F)ncnc2cc1OCC1CCN(C)CC1. The summed E-state index contributed by atoms with van der Waals surface area (Å²) in [5.41, 5.74) is 4.69. The molecule has 8 nitrogen and oxygen atoms in total. The molecule has 0 aliphatic carbocycles. The van der Waals surface area contributed by atoms with Crippen molar-refractivity contribution in [3.8, 4) is 22.6 Å². The maximum Gasteiger partial charge on any atom is 0.416 e. The van der Waals surface area contributed by atoms with Gasteiger partial charge in [0.25, 0.3) is 0 Å². The Hall–Kier alpha value is -4.45. The van der Waals surface area contributed by atoms with E-state index < -0.39 is 23.5 Å². The molecule has 2 heterocycles. The van der Waals surface area contributed by atoms with Gasteiger partial charge < -0.3 is 25.4 Å². The molecule has 3 N–H and O–H groups in total. The molecule has 4 aromatic rings. The number of methoxy groups -OCH3 is 1. The number of halogens is 4. The molecule has 1 saturated heterocycles. The van der Waals surface area contributed by atoms with E-state index in [1.165, 1.54) is 25.6 Å². The van der Waals surface area contributed by atoms with Crippen molar-refractivity contribution >= 4 is 28.3 Å². The molecule has 42 heavy (non-hydrogen) atoms. The number of nitrogens with one attached hydrogen (secondary N) is 1. The summed E-state index contributed by atoms with van der Waals surface area (Å²) in [7, 11) is 3.62. The van der Waals surface area contributed by atoms with Gasteiger partial charge in [-0.15, -0.1) is 0 Å². The van der Waals surface area contributed by atoms with Gasteiger partial charge in [-0.05, 0) is 86.4 Å². The van der Waals surface area contributed by atoms with Gasteiger partial charge in [0.2, 0.25) is 5.91 Å². The van der Waals surface area contributed by atoms with Crippen LogP contribution in [0.5, 0.6) is 11.5 Å². The summed E-state index contributed by atoms with van der Waals surface area (Å²) in [5, 5.41) is 3.47. The number of fused-ring (bicyclic) bond motifs is 1. The molecule has 1 aliphatic rings. The van der Waals surface area contributed by atoms with Crippen molar-refractivity contribution in [2.45, 2.75) is 19.0 Å². The van der Waals surface area contributed by atoms with Crippen molar-refractivity contribution < 1.29 is 31.8 Å². The van der Waals surface area contributed by atoms with Crippen LogP contribution < -0.4 is 20.5 Å². The number of likely N-dealkylation sites (tertiary alicyclic amines) is 1. The number of alkyl halides is 3. The fraction of sp³-hybridized carbons (Fsp3) is 0.300. The number of amides is 1. The second-order valence-electron chi connectivity index (χ2n) is 10.2. The molecule has 0 atom stereocenters. The number of rotatable bonds is 8. The number of carbonyl (C=O) groups is 1. The van der Waals surface area contributed by atoms with Crippen molar-refractivity contribution in [1.82, 2.24) is 14.9 Å². The first-order chi connectivity index (χ1) is 20.0. The van der Waals surface area contributed by atoms with Crippen LogP contribution in [0.1, 0.15) is 28.8 Å². The Balaban J connectivity index is 1.42. The predicted octanol–water partition coefficient (Wildman–Crippen LogP) is 6.03. The molecule has 1 amide bonds. The summed E-state index contributed by atoms with van der Waals surface area (Å²) in [5.74, 6) is 0.00604. The molecular weight excluding hydrogens is 554 g/mol. The van der Waals surface area contributed by atoms with E-state index >= 15 is 4.39 Å². The first-order valence-corrected chi connectivity index (χ1v) is 13.3. The van der Waals surface area contributed by atoms with Crippen LogP contribution >= 0.6 is 0 Å². The number of anilines is 2. The van der Waals surface area contributed by atoms with Crippen LogP contribution in [0, 0.1) is 11.7 Å². The zero-order valence-electron chi connectivity index (χ0n) is 23.0. The van der Waals surface area contributed by atoms with Crippen molar-refractivity contribution in [2.24, 2.45) is 11.7 Å². The molecule has 0 saturated carbocycles. The first-order valence-electron chi connectivity index (χ1n) is 13.3. The van der Waals surface area contributed by atoms with Crippen molar-refractivity contribution in [1.29, 1.82) is 0 Å². The van der Waals surface area contributed by atoms with Crippen LogP contribution in [-0.2, 0) is 6.18 Å². The number of piperidine rings is 1. The second kappa shape index (κ2) is 11.8. The van der Waals surface area contributed by atoms with E-state index in [1.807, 2.05) is 0 Å². The van der Waals surface area contributed by atoms with Gasteiger partial charge >= 0.3 is 6.18 Å². The lowest BCUT2D eigenvalue weighted by Gasteiger charge is -2.28. The van der Waals surface area contributed by atoms with Crippen LogP contribution in [0.15, 0.2) is 54.9 Å². The van der Waals surface area contributed by atoms with Gasteiger partial charge in [-0.3, -0.25) is 4.79 Å². The maximum atomic E-state index is 15.3. The minimum atomic E-state index is -4.65. The van der Waals surface area contributed by atoms with Crippen molar-refractivity contribution in [3.05, 3.63) is 71.8 Å². The third-order valence-electron chi connectivity index (χ3n) is 7.38. The average molecular weight is 584 g/mol. The lowest BCUT2D eigenvalue weighted by molar-refractivity contribution is -0.137. The molecule has 12 heteroatoms. The molecule has 1 aromatic heterocycles. The molecule has 1 aliphatic heterocycles. The largest absolute Gasteiger partial charge is 0.493 e. The van der Waals surface area contributed by atoms with Crippen LogP contribution in [0.4, 0.5) is 29.1 Å². The number of ether oxygens (including phenoxy) is 2. The molecular formula is C30H29F4N5O3. The smallest absolute Gasteiger partial charge is 0.416 e. The minimum absolute atomic E-state index is 0.00732. The van der Waals surface area contributed by atoms with Gasteiger partial charge in [0, 0.05) is 17.0 Å². The lowest BCUT2D eigenvalue weighted by Crippen LogP contribution is -2.32. The number of benzene rings is 3. The lowest BCUT2D eigenvalue weighted by atomic mass is 9.96. The average Bonchev–Trinajstić information content (AvgIpc) is 2.96. The number of aromatic nitrogens is 2. The number of primary amides is 1. The summed E-state index contributed by atoms with van der Waals surface area (Å²) < 4.78 is 66.9. The highest BCUT2D eigenvalue weighted by Crippen LogP contribution is 2.37. The summed E-state index contributed by atoms with van der Waals surface area (Å²) in [6.07, 6.45) is -1.24. The third kappa shape index (κ3) is 6.23. The van der Waals surface area contributed by atoms with Gasteiger partial charge in [-0.1, -0.05) is 6.07 Å². The highest BCUT2D eigenvalue weighted by Gasteiger charge is 2.31. The fourth-order valence-corrected chi connectivity index (χ4v) is 4.96. The predicted molar refractivity (Wildman–Crippen MR) is 150 cm³/mol. The van der Waals surface area contributed by atoms with E-state index in [2.05, 4.69) is 27.2 Å². The zero-order valence-corrected chi connectivity index (χ0v) is 23.0. The topological polar surface area (TPSA) is 103 Å². The summed E-state index contributed by atoms with van der Waals surface area (Å²) in [6, 6.07) is 9.74. The van der Waals surface area contributed by atoms with E-state index in [4.69, 9.17) is 15.2 Å². The van der Waals surface area contributed by atoms with Gasteiger partial charge in [-0.25, -0.2) is 14.4 Å². The van der Waals surface area contributed by atoms with Crippen molar-refractivity contribution in [3.63, 3.8) is 0 Å². The van der Waals surface area contributed by atoms with E-state index in [9.17, 15) is 18.0 Å². The van der Waals surface area contributed by atoms with Crippen LogP contribution in [0.3, 0.4) is 0 Å². The van der Waals surface area contributed by atoms with Gasteiger partial charge in [0.05, 0.1) is 30.5 Å². The van der Waals surface area contributed by atoms with Gasteiger partial charge in [0.15, 0.2) is 11.5 Å². The molecule has 0 bridgehead atoms. The van der Waals surface area contributed by atoms with Crippen molar-refractivity contribution in [2.75, 3.05) is 39.2 Å². The summed E-state index contributed by atoms with van der Waals surface area (Å²) in [4.78, 5) is 22.8. The standard InChI is InChI=1S/C30H29F4N5O3/c1-39-9-7-17(8-10-39)15-42-27-14-25-22(13-26(27)41-2)29(37-16-36-25)38-24-6-3-18(11-23(24)31)21-12-19(30(32,33)34)4-5-20(21)28(35)40/h3-6,11-14,16-17H,7-10,15H2,1-2H3,(H2,35,40)(H,36,37,38). The Morgan fingerprint density at radius 2 is 1.83 bits per heavy atom. The molecule has 1 fully saturated rings. The van der Waals surface area contributed by atoms with Crippen LogP contribution in [0.2, 0.25) is 0 Å². The Morgan fingerprint density at radius 1 is 1.07 bits per heavy atom. The fourth-order valence-electron chi connectivity index (χ4n) is 4.96. The highest BCUT2D eigenvalue weighted by molar-refractivity contribution is 6.00. The van der Waals surface area contributed by atoms with Crippen LogP contribution in [0.25, 0.3) is 22.0 Å². The normalized spacial score (nSPS) is 14.6. The van der Waals surface area contributed by atoms with E-state index in [0.29, 0.717) is 34.9 Å². The minimum Gasteiger partial charge on any atom is -0.493 e. The van der Waals surface area contributed by atoms with Crippen LogP contribution in [-0.4, -0.2) is 54.6 Å². The Bertz CT molecular complexity index is 1620. The Labute approximate surface area is 239 Å². The summed E-state index contributed by atoms with van der Waals surface area (Å²) in [6.45, 7) is 2.59. The third-order valence-corrected chi connectivity index (χ3v) is 7.38.